The normalized spacial score (nSPS) is 13.8. The molecular formula is C13H21NO3S. The summed E-state index contributed by atoms with van der Waals surface area (Å²) in [7, 11) is -1.61. The minimum Gasteiger partial charge on any atom is -0.383 e. The largest absolute Gasteiger partial charge is 0.383 e. The summed E-state index contributed by atoms with van der Waals surface area (Å²) in [5.41, 5.74) is 1.11. The van der Waals surface area contributed by atoms with Crippen molar-refractivity contribution in [1.29, 1.82) is 0 Å². The second kappa shape index (κ2) is 6.87. The number of benzene rings is 1. The summed E-state index contributed by atoms with van der Waals surface area (Å²) in [6.45, 7) is 2.70. The van der Waals surface area contributed by atoms with Gasteiger partial charge in [0.05, 0.1) is 18.9 Å². The van der Waals surface area contributed by atoms with Crippen LogP contribution in [0.1, 0.15) is 12.5 Å². The zero-order chi connectivity index (χ0) is 13.6. The summed E-state index contributed by atoms with van der Waals surface area (Å²) in [6.07, 6.45) is 1.90. The first-order valence-corrected chi connectivity index (χ1v) is 7.83. The molecule has 5 heteroatoms. The lowest BCUT2D eigenvalue weighted by Crippen LogP contribution is -2.43. The Kier molecular flexibility index (Phi) is 5.78. The van der Waals surface area contributed by atoms with E-state index in [1.54, 1.807) is 7.11 Å². The average Bonchev–Trinajstić information content (AvgIpc) is 2.29. The Bertz CT molecular complexity index is 445. The fourth-order valence-electron chi connectivity index (χ4n) is 2.09. The van der Waals surface area contributed by atoms with E-state index < -0.39 is 10.0 Å². The smallest absolute Gasteiger partial charge is 0.211 e. The lowest BCUT2D eigenvalue weighted by Gasteiger charge is -2.28. The van der Waals surface area contributed by atoms with E-state index in [4.69, 9.17) is 4.74 Å². The van der Waals surface area contributed by atoms with Crippen molar-refractivity contribution in [2.45, 2.75) is 19.4 Å². The van der Waals surface area contributed by atoms with Gasteiger partial charge in [0, 0.05) is 13.7 Å². The lowest BCUT2D eigenvalue weighted by atomic mass is 10.1. The predicted molar refractivity (Wildman–Crippen MR) is 73.0 cm³/mol. The molecule has 0 amide bonds. The zero-order valence-corrected chi connectivity index (χ0v) is 12.0. The topological polar surface area (TPSA) is 46.6 Å². The van der Waals surface area contributed by atoms with Crippen molar-refractivity contribution < 1.29 is 13.2 Å². The monoisotopic (exact) mass is 271 g/mol. The molecule has 102 valence electrons. The van der Waals surface area contributed by atoms with Crippen molar-refractivity contribution >= 4 is 10.0 Å². The molecule has 4 nitrogen and oxygen atoms in total. The molecule has 1 aromatic rings. The Morgan fingerprint density at radius 3 is 2.33 bits per heavy atom. The van der Waals surface area contributed by atoms with Crippen LogP contribution in [0.2, 0.25) is 0 Å². The Labute approximate surface area is 110 Å². The van der Waals surface area contributed by atoms with Crippen LogP contribution < -0.4 is 0 Å². The van der Waals surface area contributed by atoms with E-state index in [2.05, 4.69) is 0 Å². The van der Waals surface area contributed by atoms with Crippen molar-refractivity contribution in [1.82, 2.24) is 4.31 Å². The van der Waals surface area contributed by atoms with Gasteiger partial charge in [0.25, 0.3) is 0 Å². The third-order valence-corrected chi connectivity index (χ3v) is 4.23. The van der Waals surface area contributed by atoms with Crippen molar-refractivity contribution in [2.24, 2.45) is 0 Å². The number of rotatable bonds is 7. The molecule has 0 unspecified atom stereocenters. The van der Waals surface area contributed by atoms with Gasteiger partial charge in [-0.3, -0.25) is 0 Å². The van der Waals surface area contributed by atoms with E-state index in [1.165, 1.54) is 10.6 Å². The molecular weight excluding hydrogens is 250 g/mol. The predicted octanol–water partition coefficient (Wildman–Crippen LogP) is 1.53. The third-order valence-electron chi connectivity index (χ3n) is 2.82. The summed E-state index contributed by atoms with van der Waals surface area (Å²) in [5, 5.41) is 0. The van der Waals surface area contributed by atoms with E-state index in [1.807, 2.05) is 37.3 Å². The molecule has 0 aliphatic rings. The van der Waals surface area contributed by atoms with Crippen molar-refractivity contribution in [3.8, 4) is 0 Å². The summed E-state index contributed by atoms with van der Waals surface area (Å²) < 4.78 is 30.1. The molecule has 18 heavy (non-hydrogen) atoms. The second-order valence-electron chi connectivity index (χ2n) is 4.27. The number of sulfonamides is 1. The van der Waals surface area contributed by atoms with Crippen molar-refractivity contribution in [2.75, 3.05) is 26.5 Å². The highest BCUT2D eigenvalue weighted by Gasteiger charge is 2.25. The molecule has 0 heterocycles. The van der Waals surface area contributed by atoms with Crippen LogP contribution >= 0.6 is 0 Å². The zero-order valence-electron chi connectivity index (χ0n) is 11.2. The first-order chi connectivity index (χ1) is 8.49. The Morgan fingerprint density at radius 1 is 1.28 bits per heavy atom. The van der Waals surface area contributed by atoms with E-state index in [9.17, 15) is 8.42 Å². The van der Waals surface area contributed by atoms with Crippen LogP contribution in [-0.4, -0.2) is 45.3 Å². The Hall–Kier alpha value is -0.910. The maximum absolute atomic E-state index is 11.7. The van der Waals surface area contributed by atoms with Gasteiger partial charge in [0.15, 0.2) is 0 Å². The highest BCUT2D eigenvalue weighted by atomic mass is 32.2. The van der Waals surface area contributed by atoms with Crippen LogP contribution in [0.5, 0.6) is 0 Å². The number of methoxy groups -OCH3 is 1. The van der Waals surface area contributed by atoms with Gasteiger partial charge < -0.3 is 4.74 Å². The fraction of sp³-hybridized carbons (Fsp3) is 0.538. The number of ether oxygens (including phenoxy) is 1. The van der Waals surface area contributed by atoms with Gasteiger partial charge in [0.1, 0.15) is 0 Å². The highest BCUT2D eigenvalue weighted by Crippen LogP contribution is 2.12. The van der Waals surface area contributed by atoms with Gasteiger partial charge in [0.2, 0.25) is 10.0 Å². The molecule has 0 aliphatic carbocycles. The quantitative estimate of drug-likeness (QED) is 0.755. The number of likely N-dealkylation sites (N-methyl/N-ethyl adjacent to an activating group) is 1. The van der Waals surface area contributed by atoms with Crippen LogP contribution in [0.4, 0.5) is 0 Å². The van der Waals surface area contributed by atoms with Crippen molar-refractivity contribution in [3.05, 3.63) is 35.9 Å². The Morgan fingerprint density at radius 2 is 1.89 bits per heavy atom. The van der Waals surface area contributed by atoms with Gasteiger partial charge in [-0.25, -0.2) is 8.42 Å². The fourth-order valence-corrected chi connectivity index (χ4v) is 3.23. The first kappa shape index (κ1) is 15.1. The average molecular weight is 271 g/mol. The van der Waals surface area contributed by atoms with Crippen LogP contribution in [-0.2, 0) is 21.2 Å². The number of hydrogen-bond acceptors (Lipinski definition) is 3. The minimum atomic E-state index is -3.20. The molecule has 0 aromatic heterocycles. The molecule has 0 spiro atoms. The van der Waals surface area contributed by atoms with Crippen molar-refractivity contribution in [3.63, 3.8) is 0 Å². The van der Waals surface area contributed by atoms with Gasteiger partial charge in [-0.05, 0) is 12.0 Å². The lowest BCUT2D eigenvalue weighted by molar-refractivity contribution is 0.134. The maximum atomic E-state index is 11.7. The molecule has 1 atom stereocenters. The summed E-state index contributed by atoms with van der Waals surface area (Å²) >= 11 is 0. The molecule has 0 fully saturated rings. The minimum absolute atomic E-state index is 0.155. The first-order valence-electron chi connectivity index (χ1n) is 5.98. The maximum Gasteiger partial charge on any atom is 0.211 e. The van der Waals surface area contributed by atoms with Gasteiger partial charge >= 0.3 is 0 Å². The van der Waals surface area contributed by atoms with E-state index in [-0.39, 0.29) is 6.04 Å². The summed E-state index contributed by atoms with van der Waals surface area (Å²) in [6, 6.07) is 9.70. The summed E-state index contributed by atoms with van der Waals surface area (Å²) in [5.74, 6) is 0. The molecule has 0 bridgehead atoms. The van der Waals surface area contributed by atoms with E-state index in [0.29, 0.717) is 19.6 Å². The standard InChI is InChI=1S/C13H21NO3S/c1-4-14(18(3,15)16)13(11-17-2)10-12-8-6-5-7-9-12/h5-9,13H,4,10-11H2,1-3H3/t13-/m0/s1. The van der Waals surface area contributed by atoms with Gasteiger partial charge in [-0.2, -0.15) is 4.31 Å². The Balaban J connectivity index is 2.88. The number of nitrogens with zero attached hydrogens (tertiary/aromatic N) is 1. The molecule has 0 saturated carbocycles. The molecule has 0 saturated heterocycles. The SMILES string of the molecule is CCN([C@H](COC)Cc1ccccc1)S(C)(=O)=O. The molecule has 1 aromatic carbocycles. The van der Waals surface area contributed by atoms with Gasteiger partial charge in [-0.15, -0.1) is 0 Å². The van der Waals surface area contributed by atoms with Gasteiger partial charge in [-0.1, -0.05) is 37.3 Å². The van der Waals surface area contributed by atoms with Crippen LogP contribution in [0.15, 0.2) is 30.3 Å². The number of hydrogen-bond donors (Lipinski definition) is 0. The second-order valence-corrected chi connectivity index (χ2v) is 6.20. The molecule has 0 radical (unpaired) electrons. The summed E-state index contributed by atoms with van der Waals surface area (Å²) in [4.78, 5) is 0. The highest BCUT2D eigenvalue weighted by molar-refractivity contribution is 7.88. The molecule has 1 rings (SSSR count). The third kappa shape index (κ3) is 4.40. The molecule has 0 aliphatic heterocycles. The van der Waals surface area contributed by atoms with E-state index >= 15 is 0 Å². The van der Waals surface area contributed by atoms with Crippen LogP contribution in [0.25, 0.3) is 0 Å². The van der Waals surface area contributed by atoms with E-state index in [0.717, 1.165) is 5.56 Å². The molecule has 0 N–H and O–H groups in total. The van der Waals surface area contributed by atoms with Crippen LogP contribution in [0, 0.1) is 0 Å². The van der Waals surface area contributed by atoms with Crippen LogP contribution in [0.3, 0.4) is 0 Å².